The van der Waals surface area contributed by atoms with Crippen LogP contribution in [0.1, 0.15) is 25.3 Å². The van der Waals surface area contributed by atoms with Crippen molar-refractivity contribution in [2.75, 3.05) is 18.4 Å². The fourth-order valence-electron chi connectivity index (χ4n) is 1.85. The van der Waals surface area contributed by atoms with Gasteiger partial charge < -0.3 is 11.1 Å². The second-order valence-electron chi connectivity index (χ2n) is 4.78. The zero-order chi connectivity index (χ0) is 13.7. The quantitative estimate of drug-likeness (QED) is 0.863. The maximum absolute atomic E-state index is 5.46. The SMILES string of the molecule is CC(C)c1ccc(-c2cc(NCCN)ncn2)cc1. The van der Waals surface area contributed by atoms with Crippen LogP contribution < -0.4 is 11.1 Å². The summed E-state index contributed by atoms with van der Waals surface area (Å²) in [5.74, 6) is 1.35. The molecular weight excluding hydrogens is 236 g/mol. The van der Waals surface area contributed by atoms with Gasteiger partial charge in [-0.05, 0) is 11.5 Å². The Balaban J connectivity index is 2.21. The molecule has 100 valence electrons. The van der Waals surface area contributed by atoms with Gasteiger partial charge in [0.15, 0.2) is 0 Å². The first-order valence-electron chi connectivity index (χ1n) is 6.57. The van der Waals surface area contributed by atoms with Crippen LogP contribution in [0.4, 0.5) is 5.82 Å². The summed E-state index contributed by atoms with van der Waals surface area (Å²) in [7, 11) is 0. The number of aromatic nitrogens is 2. The molecule has 2 aromatic rings. The van der Waals surface area contributed by atoms with Crippen LogP contribution in [-0.2, 0) is 0 Å². The lowest BCUT2D eigenvalue weighted by Gasteiger charge is -2.08. The van der Waals surface area contributed by atoms with Crippen LogP contribution in [0.15, 0.2) is 36.7 Å². The summed E-state index contributed by atoms with van der Waals surface area (Å²) in [6.45, 7) is 5.67. The van der Waals surface area contributed by atoms with Gasteiger partial charge in [0.1, 0.15) is 12.1 Å². The summed E-state index contributed by atoms with van der Waals surface area (Å²) >= 11 is 0. The highest BCUT2D eigenvalue weighted by molar-refractivity contribution is 5.62. The Kier molecular flexibility index (Phi) is 4.47. The third kappa shape index (κ3) is 3.51. The average molecular weight is 256 g/mol. The third-order valence-corrected chi connectivity index (χ3v) is 2.99. The fraction of sp³-hybridized carbons (Fsp3) is 0.333. The van der Waals surface area contributed by atoms with Crippen LogP contribution in [0, 0.1) is 0 Å². The Morgan fingerprint density at radius 1 is 1.16 bits per heavy atom. The molecule has 0 aliphatic carbocycles. The van der Waals surface area contributed by atoms with Crippen molar-refractivity contribution in [3.05, 3.63) is 42.2 Å². The molecule has 1 aromatic heterocycles. The molecule has 0 fully saturated rings. The smallest absolute Gasteiger partial charge is 0.129 e. The summed E-state index contributed by atoms with van der Waals surface area (Å²) in [4.78, 5) is 8.48. The molecule has 1 aromatic carbocycles. The van der Waals surface area contributed by atoms with Gasteiger partial charge in [0.2, 0.25) is 0 Å². The molecule has 3 N–H and O–H groups in total. The second-order valence-corrected chi connectivity index (χ2v) is 4.78. The van der Waals surface area contributed by atoms with Crippen molar-refractivity contribution in [1.29, 1.82) is 0 Å². The normalized spacial score (nSPS) is 10.7. The number of nitrogens with two attached hydrogens (primary N) is 1. The molecule has 0 unspecified atom stereocenters. The predicted molar refractivity (Wildman–Crippen MR) is 79.1 cm³/mol. The van der Waals surface area contributed by atoms with E-state index >= 15 is 0 Å². The summed E-state index contributed by atoms with van der Waals surface area (Å²) in [5, 5.41) is 3.16. The van der Waals surface area contributed by atoms with Crippen LogP contribution in [-0.4, -0.2) is 23.1 Å². The van der Waals surface area contributed by atoms with Crippen molar-refractivity contribution < 1.29 is 0 Å². The van der Waals surface area contributed by atoms with E-state index in [9.17, 15) is 0 Å². The van der Waals surface area contributed by atoms with Crippen LogP contribution in [0.2, 0.25) is 0 Å². The first-order valence-corrected chi connectivity index (χ1v) is 6.57. The average Bonchev–Trinajstić information content (AvgIpc) is 2.45. The number of hydrogen-bond acceptors (Lipinski definition) is 4. The van der Waals surface area contributed by atoms with E-state index in [1.807, 2.05) is 6.07 Å². The van der Waals surface area contributed by atoms with E-state index < -0.39 is 0 Å². The Labute approximate surface area is 114 Å². The highest BCUT2D eigenvalue weighted by Crippen LogP contribution is 2.22. The van der Waals surface area contributed by atoms with Gasteiger partial charge in [-0.1, -0.05) is 38.1 Å². The molecule has 19 heavy (non-hydrogen) atoms. The molecule has 0 radical (unpaired) electrons. The van der Waals surface area contributed by atoms with Crippen molar-refractivity contribution in [2.24, 2.45) is 5.73 Å². The van der Waals surface area contributed by atoms with Crippen LogP contribution in [0.5, 0.6) is 0 Å². The number of hydrogen-bond donors (Lipinski definition) is 2. The van der Waals surface area contributed by atoms with E-state index in [0.29, 0.717) is 19.0 Å². The molecule has 0 saturated carbocycles. The molecule has 0 aliphatic heterocycles. The molecule has 0 amide bonds. The molecule has 2 rings (SSSR count). The molecular formula is C15H20N4. The Morgan fingerprint density at radius 2 is 1.89 bits per heavy atom. The van der Waals surface area contributed by atoms with Gasteiger partial charge in [-0.3, -0.25) is 0 Å². The first-order chi connectivity index (χ1) is 9.20. The van der Waals surface area contributed by atoms with Gasteiger partial charge in [0.25, 0.3) is 0 Å². The van der Waals surface area contributed by atoms with Crippen molar-refractivity contribution >= 4 is 5.82 Å². The number of anilines is 1. The first kappa shape index (κ1) is 13.5. The monoisotopic (exact) mass is 256 g/mol. The van der Waals surface area contributed by atoms with E-state index in [-0.39, 0.29) is 0 Å². The van der Waals surface area contributed by atoms with Crippen LogP contribution in [0.25, 0.3) is 11.3 Å². The molecule has 0 spiro atoms. The van der Waals surface area contributed by atoms with E-state index in [0.717, 1.165) is 17.1 Å². The number of rotatable bonds is 5. The van der Waals surface area contributed by atoms with E-state index in [1.165, 1.54) is 5.56 Å². The largest absolute Gasteiger partial charge is 0.369 e. The lowest BCUT2D eigenvalue weighted by molar-refractivity contribution is 0.867. The second kappa shape index (κ2) is 6.29. The van der Waals surface area contributed by atoms with Crippen LogP contribution in [0.3, 0.4) is 0 Å². The molecule has 0 atom stereocenters. The van der Waals surface area contributed by atoms with E-state index in [4.69, 9.17) is 5.73 Å². The van der Waals surface area contributed by atoms with E-state index in [2.05, 4.69) is 53.4 Å². The minimum atomic E-state index is 0.543. The molecule has 0 aliphatic rings. The zero-order valence-corrected chi connectivity index (χ0v) is 11.4. The maximum atomic E-state index is 5.46. The van der Waals surface area contributed by atoms with Crippen molar-refractivity contribution in [3.8, 4) is 11.3 Å². The molecule has 0 bridgehead atoms. The molecule has 1 heterocycles. The fourth-order valence-corrected chi connectivity index (χ4v) is 1.85. The summed E-state index contributed by atoms with van der Waals surface area (Å²) < 4.78 is 0. The highest BCUT2D eigenvalue weighted by atomic mass is 15.0. The minimum absolute atomic E-state index is 0.543. The molecule has 4 nitrogen and oxygen atoms in total. The van der Waals surface area contributed by atoms with Crippen molar-refractivity contribution in [3.63, 3.8) is 0 Å². The predicted octanol–water partition coefficient (Wildman–Crippen LogP) is 2.64. The Morgan fingerprint density at radius 3 is 2.53 bits per heavy atom. The highest BCUT2D eigenvalue weighted by Gasteiger charge is 2.03. The number of nitrogens with zero attached hydrogens (tertiary/aromatic N) is 2. The lowest BCUT2D eigenvalue weighted by Crippen LogP contribution is -2.13. The van der Waals surface area contributed by atoms with Gasteiger partial charge in [-0.2, -0.15) is 0 Å². The van der Waals surface area contributed by atoms with Gasteiger partial charge in [0.05, 0.1) is 5.69 Å². The summed E-state index contributed by atoms with van der Waals surface area (Å²) in [5.41, 5.74) is 8.82. The molecule has 4 heteroatoms. The molecule has 0 saturated heterocycles. The van der Waals surface area contributed by atoms with E-state index in [1.54, 1.807) is 6.33 Å². The topological polar surface area (TPSA) is 63.8 Å². The Hall–Kier alpha value is -1.94. The van der Waals surface area contributed by atoms with Gasteiger partial charge in [0, 0.05) is 24.7 Å². The van der Waals surface area contributed by atoms with Crippen molar-refractivity contribution in [1.82, 2.24) is 9.97 Å². The van der Waals surface area contributed by atoms with Gasteiger partial charge >= 0.3 is 0 Å². The zero-order valence-electron chi connectivity index (χ0n) is 11.4. The van der Waals surface area contributed by atoms with Gasteiger partial charge in [-0.25, -0.2) is 9.97 Å². The minimum Gasteiger partial charge on any atom is -0.369 e. The number of nitrogens with one attached hydrogen (secondary N) is 1. The summed E-state index contributed by atoms with van der Waals surface area (Å²) in [6, 6.07) is 10.4. The Bertz CT molecular complexity index is 520. The number of benzene rings is 1. The van der Waals surface area contributed by atoms with Crippen LogP contribution >= 0.6 is 0 Å². The van der Waals surface area contributed by atoms with Crippen molar-refractivity contribution in [2.45, 2.75) is 19.8 Å². The van der Waals surface area contributed by atoms with Gasteiger partial charge in [-0.15, -0.1) is 0 Å². The third-order valence-electron chi connectivity index (χ3n) is 2.99. The lowest BCUT2D eigenvalue weighted by atomic mass is 10.0. The summed E-state index contributed by atoms with van der Waals surface area (Å²) in [6.07, 6.45) is 1.57. The maximum Gasteiger partial charge on any atom is 0.129 e. The standard InChI is InChI=1S/C15H20N4/c1-11(2)12-3-5-13(6-4-12)14-9-15(17-8-7-16)19-10-18-14/h3-6,9-11H,7-8,16H2,1-2H3,(H,17,18,19).